The third-order valence-corrected chi connectivity index (χ3v) is 8.53. The lowest BCUT2D eigenvalue weighted by Crippen LogP contribution is -2.44. The molecule has 2 aliphatic heterocycles. The average Bonchev–Trinajstić information content (AvgIpc) is 3.42. The van der Waals surface area contributed by atoms with E-state index in [0.29, 0.717) is 44.2 Å². The summed E-state index contributed by atoms with van der Waals surface area (Å²) in [5, 5.41) is 1.86. The molecule has 1 aromatic carbocycles. The van der Waals surface area contributed by atoms with Crippen LogP contribution in [0, 0.1) is 0 Å². The maximum absolute atomic E-state index is 12.9. The third-order valence-electron chi connectivity index (χ3n) is 7.44. The number of thiophene rings is 1. The summed E-state index contributed by atoms with van der Waals surface area (Å²) in [5.41, 5.74) is 4.07. The molecule has 1 atom stereocenters. The van der Waals surface area contributed by atoms with Crippen molar-refractivity contribution >= 4 is 34.6 Å². The predicted octanol–water partition coefficient (Wildman–Crippen LogP) is 3.36. The molecular formula is C28H32N2O5S. The number of morpholine rings is 1. The van der Waals surface area contributed by atoms with E-state index in [9.17, 15) is 19.2 Å². The molecule has 1 aliphatic carbocycles. The first-order valence-electron chi connectivity index (χ1n) is 12.8. The van der Waals surface area contributed by atoms with Crippen molar-refractivity contribution < 1.29 is 23.9 Å². The highest BCUT2D eigenvalue weighted by atomic mass is 32.1. The van der Waals surface area contributed by atoms with Crippen LogP contribution in [0.25, 0.3) is 0 Å². The Bertz CT molecular complexity index is 1170. The van der Waals surface area contributed by atoms with Gasteiger partial charge in [0.15, 0.2) is 5.78 Å². The number of carbonyl (C=O) groups excluding carboxylic acids is 4. The summed E-state index contributed by atoms with van der Waals surface area (Å²) in [6.07, 6.45) is 3.00. The average molecular weight is 509 g/mol. The zero-order valence-corrected chi connectivity index (χ0v) is 21.3. The molecule has 0 N–H and O–H groups in total. The highest BCUT2D eigenvalue weighted by Crippen LogP contribution is 2.35. The van der Waals surface area contributed by atoms with Gasteiger partial charge in [-0.15, -0.1) is 11.3 Å². The molecule has 1 unspecified atom stereocenters. The number of ketones is 3. The van der Waals surface area contributed by atoms with Crippen molar-refractivity contribution in [2.24, 2.45) is 0 Å². The molecule has 1 saturated carbocycles. The van der Waals surface area contributed by atoms with E-state index < -0.39 is 6.04 Å². The first kappa shape index (κ1) is 25.0. The number of aryl methyl sites for hydroxylation is 2. The lowest BCUT2D eigenvalue weighted by Gasteiger charge is -2.29. The maximum Gasteiger partial charge on any atom is 0.255 e. The molecule has 1 amide bonds. The van der Waals surface area contributed by atoms with E-state index in [0.717, 1.165) is 49.7 Å². The predicted molar refractivity (Wildman–Crippen MR) is 136 cm³/mol. The molecule has 2 fully saturated rings. The number of rotatable bonds is 9. The molecule has 0 bridgehead atoms. The van der Waals surface area contributed by atoms with Gasteiger partial charge in [0.05, 0.1) is 31.2 Å². The Morgan fingerprint density at radius 2 is 1.83 bits per heavy atom. The van der Waals surface area contributed by atoms with Crippen molar-refractivity contribution in [2.45, 2.75) is 64.1 Å². The van der Waals surface area contributed by atoms with Crippen LogP contribution in [0.5, 0.6) is 0 Å². The van der Waals surface area contributed by atoms with Crippen LogP contribution in [-0.4, -0.2) is 65.4 Å². The Kier molecular flexibility index (Phi) is 7.74. The molecule has 0 spiro atoms. The normalized spacial score (nSPS) is 20.7. The highest BCUT2D eigenvalue weighted by Gasteiger charge is 2.40. The second-order valence-electron chi connectivity index (χ2n) is 9.97. The van der Waals surface area contributed by atoms with Crippen molar-refractivity contribution in [3.8, 4) is 0 Å². The Hall–Kier alpha value is -2.68. The Morgan fingerprint density at radius 3 is 2.64 bits per heavy atom. The number of carbonyl (C=O) groups is 4. The molecule has 3 aliphatic rings. The van der Waals surface area contributed by atoms with Gasteiger partial charge in [-0.2, -0.15) is 0 Å². The number of fused-ring (bicyclic) bond motifs is 1. The Balaban J connectivity index is 1.12. The monoisotopic (exact) mass is 508 g/mol. The third kappa shape index (κ3) is 5.66. The van der Waals surface area contributed by atoms with E-state index in [1.54, 1.807) is 4.90 Å². The number of Topliss-reactive ketones (excluding diaryl/α,β-unsaturated/α-hetero) is 3. The van der Waals surface area contributed by atoms with Gasteiger partial charge in [0.25, 0.3) is 5.91 Å². The summed E-state index contributed by atoms with van der Waals surface area (Å²) < 4.78 is 5.42. The molecule has 2 aromatic rings. The standard InChI is InChI=1S/C28H32N2O5S/c31-21(5-4-19-2-1-3-20(14-19)16-29-10-12-35-13-11-29)7-9-27-23-17-30(28(34)24(23)18-36-27)25-8-6-22(32)15-26(25)33/h1-3,14,18,25H,4-13,15-17H2. The van der Waals surface area contributed by atoms with Crippen molar-refractivity contribution in [2.75, 3.05) is 26.3 Å². The molecular weight excluding hydrogens is 476 g/mol. The minimum atomic E-state index is -0.499. The number of nitrogens with zero attached hydrogens (tertiary/aromatic N) is 2. The van der Waals surface area contributed by atoms with Crippen LogP contribution in [0.3, 0.4) is 0 Å². The molecule has 0 radical (unpaired) electrons. The summed E-state index contributed by atoms with van der Waals surface area (Å²) in [7, 11) is 0. The number of benzene rings is 1. The van der Waals surface area contributed by atoms with Gasteiger partial charge >= 0.3 is 0 Å². The van der Waals surface area contributed by atoms with Crippen LogP contribution < -0.4 is 0 Å². The second-order valence-corrected chi connectivity index (χ2v) is 10.9. The molecule has 8 heteroatoms. The van der Waals surface area contributed by atoms with Gasteiger partial charge in [-0.3, -0.25) is 24.1 Å². The van der Waals surface area contributed by atoms with E-state index in [1.165, 1.54) is 22.5 Å². The van der Waals surface area contributed by atoms with Gasteiger partial charge in [-0.1, -0.05) is 24.3 Å². The second kappa shape index (κ2) is 11.2. The van der Waals surface area contributed by atoms with Crippen LogP contribution >= 0.6 is 11.3 Å². The van der Waals surface area contributed by atoms with E-state index in [2.05, 4.69) is 29.2 Å². The molecule has 36 heavy (non-hydrogen) atoms. The van der Waals surface area contributed by atoms with E-state index in [-0.39, 0.29) is 29.7 Å². The Labute approximate surface area is 215 Å². The number of ether oxygens (including phenoxy) is 1. The van der Waals surface area contributed by atoms with Crippen LogP contribution in [0.4, 0.5) is 0 Å². The fraction of sp³-hybridized carbons (Fsp3) is 0.500. The number of hydrogen-bond donors (Lipinski definition) is 0. The van der Waals surface area contributed by atoms with Crippen molar-refractivity contribution in [3.63, 3.8) is 0 Å². The topological polar surface area (TPSA) is 84.0 Å². The summed E-state index contributed by atoms with van der Waals surface area (Å²) >= 11 is 1.53. The summed E-state index contributed by atoms with van der Waals surface area (Å²) in [4.78, 5) is 54.6. The summed E-state index contributed by atoms with van der Waals surface area (Å²) in [6, 6.07) is 8.00. The van der Waals surface area contributed by atoms with Gasteiger partial charge in [-0.25, -0.2) is 0 Å². The van der Waals surface area contributed by atoms with Crippen molar-refractivity contribution in [1.82, 2.24) is 9.80 Å². The van der Waals surface area contributed by atoms with Gasteiger partial charge < -0.3 is 9.64 Å². The molecule has 1 saturated heterocycles. The summed E-state index contributed by atoms with van der Waals surface area (Å²) in [5.74, 6) is -0.0966. The smallest absolute Gasteiger partial charge is 0.255 e. The van der Waals surface area contributed by atoms with Crippen LogP contribution in [0.1, 0.15) is 64.0 Å². The van der Waals surface area contributed by atoms with Gasteiger partial charge in [0.2, 0.25) is 0 Å². The Morgan fingerprint density at radius 1 is 1.06 bits per heavy atom. The molecule has 3 heterocycles. The van der Waals surface area contributed by atoms with Crippen molar-refractivity contribution in [1.29, 1.82) is 0 Å². The highest BCUT2D eigenvalue weighted by molar-refractivity contribution is 7.10. The minimum absolute atomic E-state index is 0.0416. The van der Waals surface area contributed by atoms with E-state index in [4.69, 9.17) is 4.74 Å². The van der Waals surface area contributed by atoms with E-state index in [1.807, 2.05) is 5.38 Å². The number of hydrogen-bond acceptors (Lipinski definition) is 7. The van der Waals surface area contributed by atoms with Crippen molar-refractivity contribution in [3.05, 3.63) is 56.8 Å². The quantitative estimate of drug-likeness (QED) is 0.483. The maximum atomic E-state index is 12.9. The fourth-order valence-electron chi connectivity index (χ4n) is 5.39. The fourth-order valence-corrected chi connectivity index (χ4v) is 6.43. The minimum Gasteiger partial charge on any atom is -0.379 e. The van der Waals surface area contributed by atoms with Gasteiger partial charge in [0, 0.05) is 55.7 Å². The summed E-state index contributed by atoms with van der Waals surface area (Å²) in [6.45, 7) is 4.79. The SMILES string of the molecule is O=C(CCc1cccc(CN2CCOCC2)c1)CCc1scc2c1CN(C1CCC(=O)CC1=O)C2=O. The van der Waals surface area contributed by atoms with E-state index >= 15 is 0 Å². The zero-order valence-electron chi connectivity index (χ0n) is 20.5. The van der Waals surface area contributed by atoms with Crippen LogP contribution in [0.15, 0.2) is 29.6 Å². The molecule has 7 nitrogen and oxygen atoms in total. The van der Waals surface area contributed by atoms with Crippen LogP contribution in [-0.2, 0) is 45.1 Å². The molecule has 190 valence electrons. The first-order valence-corrected chi connectivity index (χ1v) is 13.7. The lowest BCUT2D eigenvalue weighted by atomic mass is 9.92. The lowest BCUT2D eigenvalue weighted by molar-refractivity contribution is -0.133. The first-order chi connectivity index (χ1) is 17.5. The zero-order chi connectivity index (χ0) is 25.1. The molecule has 5 rings (SSSR count). The van der Waals surface area contributed by atoms with Gasteiger partial charge in [-0.05, 0) is 36.0 Å². The number of amides is 1. The molecule has 1 aromatic heterocycles. The van der Waals surface area contributed by atoms with Gasteiger partial charge in [0.1, 0.15) is 11.6 Å². The van der Waals surface area contributed by atoms with Crippen LogP contribution in [0.2, 0.25) is 0 Å². The largest absolute Gasteiger partial charge is 0.379 e.